The number of piperidine rings is 2. The van der Waals surface area contributed by atoms with Crippen LogP contribution in [-0.2, 0) is 9.53 Å². The molecule has 0 atom stereocenters. The van der Waals surface area contributed by atoms with E-state index in [1.807, 2.05) is 6.07 Å². The first-order valence-corrected chi connectivity index (χ1v) is 12.7. The topological polar surface area (TPSA) is 114 Å². The van der Waals surface area contributed by atoms with Crippen molar-refractivity contribution in [2.75, 3.05) is 61.7 Å². The normalized spacial score (nSPS) is 16.2. The zero-order valence-corrected chi connectivity index (χ0v) is 21.1. The summed E-state index contributed by atoms with van der Waals surface area (Å²) in [6.07, 6.45) is 8.69. The van der Waals surface area contributed by atoms with Crippen LogP contribution in [0, 0.1) is 0 Å². The van der Waals surface area contributed by atoms with Crippen LogP contribution in [0.2, 0.25) is 0 Å². The van der Waals surface area contributed by atoms with Gasteiger partial charge in [-0.15, -0.1) is 0 Å². The molecule has 11 nitrogen and oxygen atoms in total. The molecule has 2 saturated heterocycles. The predicted molar refractivity (Wildman–Crippen MR) is 138 cm³/mol. The highest BCUT2D eigenvalue weighted by Gasteiger charge is 2.20. The zero-order valence-electron chi connectivity index (χ0n) is 21.1. The van der Waals surface area contributed by atoms with Crippen LogP contribution in [-0.4, -0.2) is 73.6 Å². The van der Waals surface area contributed by atoms with Gasteiger partial charge in [-0.1, -0.05) is 0 Å². The number of hydrazone groups is 1. The molecule has 11 heteroatoms. The van der Waals surface area contributed by atoms with Gasteiger partial charge in [-0.25, -0.2) is 10.2 Å². The van der Waals surface area contributed by atoms with Gasteiger partial charge in [0, 0.05) is 26.2 Å². The van der Waals surface area contributed by atoms with Crippen LogP contribution in [0.15, 0.2) is 23.3 Å². The molecule has 4 rings (SSSR count). The highest BCUT2D eigenvalue weighted by Crippen LogP contribution is 2.28. The van der Waals surface area contributed by atoms with Gasteiger partial charge < -0.3 is 24.0 Å². The lowest BCUT2D eigenvalue weighted by Gasteiger charge is -2.30. The van der Waals surface area contributed by atoms with E-state index in [2.05, 4.69) is 30.3 Å². The fourth-order valence-corrected chi connectivity index (χ4v) is 4.26. The first-order valence-electron chi connectivity index (χ1n) is 12.7. The molecule has 1 N–H and O–H groups in total. The second-order valence-electron chi connectivity index (χ2n) is 8.73. The second kappa shape index (κ2) is 12.9. The van der Waals surface area contributed by atoms with Crippen LogP contribution in [0.1, 0.15) is 51.0 Å². The molecule has 36 heavy (non-hydrogen) atoms. The molecule has 0 amide bonds. The van der Waals surface area contributed by atoms with E-state index in [0.717, 1.165) is 57.4 Å². The maximum absolute atomic E-state index is 11.7. The minimum atomic E-state index is -0.441. The molecule has 3 heterocycles. The summed E-state index contributed by atoms with van der Waals surface area (Å²) in [6, 6.07) is 5.34. The SMILES string of the molecule is CCOC(=O)COc1cc(/C=N/Nc2nc(N3CCCCC3)nc(N3CCCCC3)n2)ccc1OC. The van der Waals surface area contributed by atoms with Gasteiger partial charge in [0.05, 0.1) is 19.9 Å². The Labute approximate surface area is 211 Å². The summed E-state index contributed by atoms with van der Waals surface area (Å²) >= 11 is 0. The molecule has 0 bridgehead atoms. The average molecular weight is 498 g/mol. The van der Waals surface area contributed by atoms with Crippen molar-refractivity contribution in [1.82, 2.24) is 15.0 Å². The Balaban J connectivity index is 1.49. The highest BCUT2D eigenvalue weighted by atomic mass is 16.6. The maximum atomic E-state index is 11.7. The largest absolute Gasteiger partial charge is 0.493 e. The summed E-state index contributed by atoms with van der Waals surface area (Å²) < 4.78 is 15.8. The summed E-state index contributed by atoms with van der Waals surface area (Å²) in [5.74, 6) is 2.30. The molecule has 0 saturated carbocycles. The fourth-order valence-electron chi connectivity index (χ4n) is 4.26. The smallest absolute Gasteiger partial charge is 0.344 e. The van der Waals surface area contributed by atoms with E-state index < -0.39 is 5.97 Å². The number of anilines is 3. The van der Waals surface area contributed by atoms with Crippen molar-refractivity contribution in [3.05, 3.63) is 23.8 Å². The molecule has 2 aliphatic rings. The van der Waals surface area contributed by atoms with Crippen LogP contribution >= 0.6 is 0 Å². The van der Waals surface area contributed by atoms with Crippen molar-refractivity contribution in [1.29, 1.82) is 0 Å². The molecule has 0 aliphatic carbocycles. The van der Waals surface area contributed by atoms with Gasteiger partial charge in [-0.2, -0.15) is 20.1 Å². The molecular formula is C25H35N7O4. The third kappa shape index (κ3) is 6.96. The zero-order chi connectivity index (χ0) is 25.2. The number of nitrogens with zero attached hydrogens (tertiary/aromatic N) is 6. The minimum absolute atomic E-state index is 0.202. The minimum Gasteiger partial charge on any atom is -0.493 e. The van der Waals surface area contributed by atoms with Crippen LogP contribution in [0.25, 0.3) is 0 Å². The third-order valence-corrected chi connectivity index (χ3v) is 6.11. The van der Waals surface area contributed by atoms with Crippen molar-refractivity contribution in [3.8, 4) is 11.5 Å². The Morgan fingerprint density at radius 3 is 2.19 bits per heavy atom. The van der Waals surface area contributed by atoms with E-state index in [9.17, 15) is 4.79 Å². The van der Waals surface area contributed by atoms with Gasteiger partial charge in [0.25, 0.3) is 0 Å². The number of carbonyl (C=O) groups excluding carboxylic acids is 1. The fraction of sp³-hybridized carbons (Fsp3) is 0.560. The van der Waals surface area contributed by atoms with E-state index in [4.69, 9.17) is 19.2 Å². The molecule has 194 valence electrons. The Kier molecular flexibility index (Phi) is 9.12. The van der Waals surface area contributed by atoms with E-state index in [-0.39, 0.29) is 6.61 Å². The van der Waals surface area contributed by atoms with Crippen molar-refractivity contribution in [2.24, 2.45) is 5.10 Å². The molecule has 1 aromatic carbocycles. The number of hydrogen-bond acceptors (Lipinski definition) is 11. The van der Waals surface area contributed by atoms with Crippen molar-refractivity contribution in [3.63, 3.8) is 0 Å². The van der Waals surface area contributed by atoms with E-state index in [0.29, 0.717) is 36.0 Å². The molecule has 1 aromatic heterocycles. The first-order chi connectivity index (χ1) is 17.7. The van der Waals surface area contributed by atoms with Gasteiger partial charge in [0.15, 0.2) is 18.1 Å². The summed E-state index contributed by atoms with van der Waals surface area (Å²) in [5.41, 5.74) is 3.73. The number of benzene rings is 1. The first kappa shape index (κ1) is 25.5. The lowest BCUT2D eigenvalue weighted by Crippen LogP contribution is -2.34. The van der Waals surface area contributed by atoms with Crippen molar-refractivity contribution >= 4 is 30.0 Å². The molecule has 2 aliphatic heterocycles. The predicted octanol–water partition coefficient (Wildman–Crippen LogP) is 3.25. The van der Waals surface area contributed by atoms with E-state index in [1.165, 1.54) is 12.8 Å². The molecule has 0 unspecified atom stereocenters. The van der Waals surface area contributed by atoms with Gasteiger partial charge >= 0.3 is 5.97 Å². The van der Waals surface area contributed by atoms with Gasteiger partial charge in [-0.05, 0) is 69.2 Å². The Morgan fingerprint density at radius 2 is 1.61 bits per heavy atom. The highest BCUT2D eigenvalue weighted by molar-refractivity contribution is 5.81. The van der Waals surface area contributed by atoms with Crippen LogP contribution < -0.4 is 24.7 Å². The third-order valence-electron chi connectivity index (χ3n) is 6.11. The van der Waals surface area contributed by atoms with Crippen molar-refractivity contribution in [2.45, 2.75) is 45.4 Å². The number of aromatic nitrogens is 3. The standard InChI is InChI=1S/C25H35N7O4/c1-3-35-22(33)18-36-21-16-19(10-11-20(21)34-2)17-26-30-23-27-24(31-12-6-4-7-13-31)29-25(28-23)32-14-8-5-9-15-32/h10-11,16-17H,3-9,12-15,18H2,1-2H3,(H,27,28,29,30)/b26-17+. The average Bonchev–Trinajstić information content (AvgIpc) is 2.93. The second-order valence-corrected chi connectivity index (χ2v) is 8.73. The molecular weight excluding hydrogens is 462 g/mol. The van der Waals surface area contributed by atoms with Crippen LogP contribution in [0.5, 0.6) is 11.5 Å². The van der Waals surface area contributed by atoms with Crippen molar-refractivity contribution < 1.29 is 19.0 Å². The number of esters is 1. The molecule has 2 aromatic rings. The van der Waals surface area contributed by atoms with Gasteiger partial charge in [0.1, 0.15) is 0 Å². The number of rotatable bonds is 10. The van der Waals surface area contributed by atoms with E-state index in [1.54, 1.807) is 32.4 Å². The van der Waals surface area contributed by atoms with Crippen LogP contribution in [0.4, 0.5) is 17.8 Å². The summed E-state index contributed by atoms with van der Waals surface area (Å²) in [7, 11) is 1.54. The maximum Gasteiger partial charge on any atom is 0.344 e. The number of hydrogen-bond donors (Lipinski definition) is 1. The summed E-state index contributed by atoms with van der Waals surface area (Å²) in [4.78, 5) is 30.2. The van der Waals surface area contributed by atoms with Gasteiger partial charge in [0.2, 0.25) is 17.8 Å². The number of ether oxygens (including phenoxy) is 3. The summed E-state index contributed by atoms with van der Waals surface area (Å²) in [6.45, 7) is 5.65. The molecule has 2 fully saturated rings. The molecule has 0 spiro atoms. The van der Waals surface area contributed by atoms with Crippen LogP contribution in [0.3, 0.4) is 0 Å². The molecule has 0 radical (unpaired) electrons. The van der Waals surface area contributed by atoms with E-state index >= 15 is 0 Å². The number of nitrogens with one attached hydrogen (secondary N) is 1. The number of methoxy groups -OCH3 is 1. The van der Waals surface area contributed by atoms with Gasteiger partial charge in [-0.3, -0.25) is 0 Å². The Bertz CT molecular complexity index is 1000. The monoisotopic (exact) mass is 497 g/mol. The summed E-state index contributed by atoms with van der Waals surface area (Å²) in [5, 5.41) is 4.35. The lowest BCUT2D eigenvalue weighted by molar-refractivity contribution is -0.145. The number of carbonyl (C=O) groups is 1. The quantitative estimate of drug-likeness (QED) is 0.298. The Morgan fingerprint density at radius 1 is 0.972 bits per heavy atom. The lowest BCUT2D eigenvalue weighted by atomic mass is 10.1. The Hall–Kier alpha value is -3.63.